The molecule has 0 bridgehead atoms. The minimum Gasteiger partial charge on any atom is -0.497 e. The first-order chi connectivity index (χ1) is 11.7. The number of esters is 1. The average Bonchev–Trinajstić information content (AvgIpc) is 3.16. The van der Waals surface area contributed by atoms with Gasteiger partial charge in [-0.2, -0.15) is 0 Å². The Bertz CT molecular complexity index is 709. The molecule has 1 heterocycles. The molecule has 2 aromatic carbocycles. The molecule has 0 amide bonds. The van der Waals surface area contributed by atoms with Crippen LogP contribution in [0.1, 0.15) is 20.5 Å². The van der Waals surface area contributed by atoms with Crippen molar-refractivity contribution in [2.24, 2.45) is 0 Å². The third-order valence-electron chi connectivity index (χ3n) is 3.61. The van der Waals surface area contributed by atoms with Gasteiger partial charge in [0.2, 0.25) is 0 Å². The molecule has 1 saturated heterocycles. The molecule has 6 heteroatoms. The molecule has 24 heavy (non-hydrogen) atoms. The van der Waals surface area contributed by atoms with E-state index < -0.39 is 5.97 Å². The quantitative estimate of drug-likeness (QED) is 0.580. The monoisotopic (exact) mass is 362 g/mol. The summed E-state index contributed by atoms with van der Waals surface area (Å²) < 4.78 is 16.4. The second kappa shape index (κ2) is 7.85. The third kappa shape index (κ3) is 3.82. The summed E-state index contributed by atoms with van der Waals surface area (Å²) in [4.78, 5) is 12.3. The van der Waals surface area contributed by atoms with Crippen LogP contribution in [0.2, 0.25) is 0 Å². The highest BCUT2D eigenvalue weighted by molar-refractivity contribution is 8.19. The van der Waals surface area contributed by atoms with Crippen LogP contribution in [0.4, 0.5) is 0 Å². The lowest BCUT2D eigenvalue weighted by Crippen LogP contribution is -2.09. The zero-order chi connectivity index (χ0) is 16.9. The highest BCUT2D eigenvalue weighted by Gasteiger charge is 2.20. The van der Waals surface area contributed by atoms with E-state index in [9.17, 15) is 4.79 Å². The van der Waals surface area contributed by atoms with Gasteiger partial charge in [0.25, 0.3) is 0 Å². The lowest BCUT2D eigenvalue weighted by atomic mass is 10.2. The topological polar surface area (TPSA) is 44.8 Å². The minimum atomic E-state index is -0.423. The summed E-state index contributed by atoms with van der Waals surface area (Å²) >= 11 is 3.85. The van der Waals surface area contributed by atoms with Crippen molar-refractivity contribution in [2.75, 3.05) is 25.7 Å². The Morgan fingerprint density at radius 1 is 0.958 bits per heavy atom. The van der Waals surface area contributed by atoms with Crippen molar-refractivity contribution in [1.29, 1.82) is 0 Å². The van der Waals surface area contributed by atoms with Gasteiger partial charge in [-0.05, 0) is 42.0 Å². The van der Waals surface area contributed by atoms with E-state index in [-0.39, 0.29) is 0 Å². The van der Waals surface area contributed by atoms with Crippen molar-refractivity contribution < 1.29 is 19.0 Å². The summed E-state index contributed by atoms with van der Waals surface area (Å²) in [6.45, 7) is 0. The Morgan fingerprint density at radius 3 is 2.29 bits per heavy atom. The standard InChI is InChI=1S/C18H18O4S2/c1-20-14-6-3-12(4-7-14)17(19)22-15-8-5-13(11-16(15)21-2)18-23-9-10-24-18/h3-8,11,18H,9-10H2,1-2H3. The SMILES string of the molecule is COc1ccc(C(=O)Oc2ccc(C3SCCS3)cc2OC)cc1. The number of benzene rings is 2. The zero-order valence-corrected chi connectivity index (χ0v) is 15.1. The Balaban J connectivity index is 1.76. The van der Waals surface area contributed by atoms with E-state index in [1.807, 2.05) is 35.7 Å². The molecule has 1 fully saturated rings. The minimum absolute atomic E-state index is 0.422. The van der Waals surface area contributed by atoms with Crippen LogP contribution in [0.5, 0.6) is 17.2 Å². The summed E-state index contributed by atoms with van der Waals surface area (Å²) in [7, 11) is 3.17. The van der Waals surface area contributed by atoms with Crippen LogP contribution in [0.25, 0.3) is 0 Å². The van der Waals surface area contributed by atoms with Crippen molar-refractivity contribution in [3.63, 3.8) is 0 Å². The summed E-state index contributed by atoms with van der Waals surface area (Å²) in [5.41, 5.74) is 1.65. The van der Waals surface area contributed by atoms with Gasteiger partial charge in [0, 0.05) is 11.5 Å². The van der Waals surface area contributed by atoms with Crippen molar-refractivity contribution in [3.8, 4) is 17.2 Å². The lowest BCUT2D eigenvalue weighted by Gasteiger charge is -2.13. The Morgan fingerprint density at radius 2 is 1.67 bits per heavy atom. The number of ether oxygens (including phenoxy) is 3. The molecule has 0 atom stereocenters. The molecule has 2 aromatic rings. The molecule has 3 rings (SSSR count). The summed E-state index contributed by atoms with van der Waals surface area (Å²) in [6, 6.07) is 12.6. The van der Waals surface area contributed by atoms with Gasteiger partial charge in [0.05, 0.1) is 24.4 Å². The molecule has 0 unspecified atom stereocenters. The molecule has 126 valence electrons. The van der Waals surface area contributed by atoms with Crippen LogP contribution < -0.4 is 14.2 Å². The van der Waals surface area contributed by atoms with Gasteiger partial charge in [-0.15, -0.1) is 23.5 Å². The van der Waals surface area contributed by atoms with Gasteiger partial charge in [-0.3, -0.25) is 0 Å². The van der Waals surface area contributed by atoms with E-state index in [0.29, 0.717) is 27.4 Å². The second-order valence-electron chi connectivity index (χ2n) is 5.10. The molecule has 0 aliphatic carbocycles. The highest BCUT2D eigenvalue weighted by Crippen LogP contribution is 2.47. The molecular weight excluding hydrogens is 344 g/mol. The van der Waals surface area contributed by atoms with Crippen molar-refractivity contribution in [2.45, 2.75) is 4.58 Å². The fourth-order valence-electron chi connectivity index (χ4n) is 2.35. The molecule has 0 radical (unpaired) electrons. The molecule has 1 aliphatic heterocycles. The number of hydrogen-bond acceptors (Lipinski definition) is 6. The molecule has 0 aromatic heterocycles. The van der Waals surface area contributed by atoms with Gasteiger partial charge in [-0.1, -0.05) is 6.07 Å². The summed E-state index contributed by atoms with van der Waals surface area (Å²) in [5.74, 6) is 3.59. The van der Waals surface area contributed by atoms with Crippen LogP contribution in [0.3, 0.4) is 0 Å². The average molecular weight is 362 g/mol. The van der Waals surface area contributed by atoms with E-state index in [1.165, 1.54) is 5.56 Å². The van der Waals surface area contributed by atoms with Crippen LogP contribution in [-0.2, 0) is 0 Å². The number of methoxy groups -OCH3 is 2. The Labute approximate surface area is 149 Å². The maximum atomic E-state index is 12.3. The van der Waals surface area contributed by atoms with E-state index in [4.69, 9.17) is 14.2 Å². The highest BCUT2D eigenvalue weighted by atomic mass is 32.2. The van der Waals surface area contributed by atoms with Crippen LogP contribution in [0, 0.1) is 0 Å². The maximum Gasteiger partial charge on any atom is 0.343 e. The van der Waals surface area contributed by atoms with Crippen LogP contribution in [0.15, 0.2) is 42.5 Å². The lowest BCUT2D eigenvalue weighted by molar-refractivity contribution is 0.0729. The van der Waals surface area contributed by atoms with E-state index >= 15 is 0 Å². The van der Waals surface area contributed by atoms with Crippen molar-refractivity contribution >= 4 is 29.5 Å². The molecule has 4 nitrogen and oxygen atoms in total. The first-order valence-electron chi connectivity index (χ1n) is 7.48. The fourth-order valence-corrected chi connectivity index (χ4v) is 5.19. The largest absolute Gasteiger partial charge is 0.497 e. The van der Waals surface area contributed by atoms with Crippen molar-refractivity contribution in [1.82, 2.24) is 0 Å². The predicted octanol–water partition coefficient (Wildman–Crippen LogP) is 4.40. The fraction of sp³-hybridized carbons (Fsp3) is 0.278. The molecular formula is C18H18O4S2. The Kier molecular flexibility index (Phi) is 5.58. The van der Waals surface area contributed by atoms with Crippen molar-refractivity contribution in [3.05, 3.63) is 53.6 Å². The van der Waals surface area contributed by atoms with Gasteiger partial charge in [0.1, 0.15) is 5.75 Å². The molecule has 0 N–H and O–H groups in total. The van der Waals surface area contributed by atoms with E-state index in [2.05, 4.69) is 0 Å². The number of carbonyl (C=O) groups excluding carboxylic acids is 1. The maximum absolute atomic E-state index is 12.3. The Hall–Kier alpha value is -1.79. The normalized spacial score (nSPS) is 14.4. The first kappa shape index (κ1) is 17.0. The molecule has 1 aliphatic rings. The predicted molar refractivity (Wildman–Crippen MR) is 98.6 cm³/mol. The van der Waals surface area contributed by atoms with Gasteiger partial charge < -0.3 is 14.2 Å². The van der Waals surface area contributed by atoms with Gasteiger partial charge in [0.15, 0.2) is 11.5 Å². The van der Waals surface area contributed by atoms with Gasteiger partial charge in [-0.25, -0.2) is 4.79 Å². The van der Waals surface area contributed by atoms with Crippen LogP contribution in [-0.4, -0.2) is 31.7 Å². The summed E-state index contributed by atoms with van der Waals surface area (Å²) in [5, 5.41) is 0. The molecule has 0 saturated carbocycles. The van der Waals surface area contributed by atoms with Gasteiger partial charge >= 0.3 is 5.97 Å². The first-order valence-corrected chi connectivity index (χ1v) is 9.58. The number of carbonyl (C=O) groups is 1. The smallest absolute Gasteiger partial charge is 0.343 e. The number of thioether (sulfide) groups is 2. The van der Waals surface area contributed by atoms with E-state index in [0.717, 1.165) is 11.5 Å². The zero-order valence-electron chi connectivity index (χ0n) is 13.5. The van der Waals surface area contributed by atoms with E-state index in [1.54, 1.807) is 44.6 Å². The van der Waals surface area contributed by atoms with Crippen LogP contribution >= 0.6 is 23.5 Å². The molecule has 0 spiro atoms. The third-order valence-corrected chi connectivity index (χ3v) is 6.71. The second-order valence-corrected chi connectivity index (χ2v) is 7.83. The summed E-state index contributed by atoms with van der Waals surface area (Å²) in [6.07, 6.45) is 0. The number of hydrogen-bond donors (Lipinski definition) is 0. The number of rotatable bonds is 5.